The van der Waals surface area contributed by atoms with E-state index in [1.807, 2.05) is 0 Å². The molecule has 0 atom stereocenters. The molecule has 0 fully saturated rings. The molecule has 0 saturated carbocycles. The van der Waals surface area contributed by atoms with Crippen LogP contribution in [0.15, 0.2) is 23.1 Å². The first kappa shape index (κ1) is 14.6. The first-order valence-corrected chi connectivity index (χ1v) is 6.79. The van der Waals surface area contributed by atoms with E-state index in [2.05, 4.69) is 15.9 Å². The van der Waals surface area contributed by atoms with Crippen molar-refractivity contribution in [2.75, 3.05) is 0 Å². The van der Waals surface area contributed by atoms with Gasteiger partial charge in [0.2, 0.25) is 0 Å². The highest BCUT2D eigenvalue weighted by Gasteiger charge is 2.29. The number of hydrogen-bond acceptors (Lipinski definition) is 2. The Morgan fingerprint density at radius 3 is 2.53 bits per heavy atom. The Balaban J connectivity index is 3.09. The molecule has 0 aliphatic heterocycles. The van der Waals surface area contributed by atoms with Gasteiger partial charge in [0, 0.05) is 22.2 Å². The highest BCUT2D eigenvalue weighted by molar-refractivity contribution is 9.08. The first-order valence-electron chi connectivity index (χ1n) is 4.85. The minimum Gasteiger partial charge on any atom is -0.294 e. The molecular formula is C11H10BrF3OS. The van der Waals surface area contributed by atoms with Crippen LogP contribution in [-0.2, 0) is 5.33 Å². The van der Waals surface area contributed by atoms with E-state index < -0.39 is 5.51 Å². The van der Waals surface area contributed by atoms with Gasteiger partial charge < -0.3 is 0 Å². The molecule has 0 saturated heterocycles. The summed E-state index contributed by atoms with van der Waals surface area (Å²) in [5.41, 5.74) is -3.26. The molecule has 1 nitrogen and oxygen atoms in total. The molecule has 0 spiro atoms. The van der Waals surface area contributed by atoms with Crippen LogP contribution in [0.25, 0.3) is 0 Å². The van der Waals surface area contributed by atoms with Gasteiger partial charge in [0.1, 0.15) is 0 Å². The fourth-order valence-corrected chi connectivity index (χ4v) is 2.39. The zero-order valence-corrected chi connectivity index (χ0v) is 11.4. The van der Waals surface area contributed by atoms with Crippen molar-refractivity contribution < 1.29 is 18.0 Å². The second kappa shape index (κ2) is 5.91. The maximum Gasteiger partial charge on any atom is 0.446 e. The molecule has 0 heterocycles. The SMILES string of the molecule is CCC(=O)c1cc(SC(F)(F)F)ccc1CBr. The van der Waals surface area contributed by atoms with Crippen LogP contribution in [0.5, 0.6) is 0 Å². The van der Waals surface area contributed by atoms with E-state index in [9.17, 15) is 18.0 Å². The molecule has 94 valence electrons. The number of hydrogen-bond donors (Lipinski definition) is 0. The van der Waals surface area contributed by atoms with Crippen molar-refractivity contribution in [3.8, 4) is 0 Å². The number of carbonyl (C=O) groups is 1. The number of halogens is 4. The van der Waals surface area contributed by atoms with Gasteiger partial charge in [0.05, 0.1) is 0 Å². The van der Waals surface area contributed by atoms with Crippen LogP contribution in [0.3, 0.4) is 0 Å². The second-order valence-corrected chi connectivity index (χ2v) is 4.98. The number of rotatable bonds is 4. The Kier molecular flexibility index (Phi) is 5.06. The summed E-state index contributed by atoms with van der Waals surface area (Å²) in [5.74, 6) is -0.149. The van der Waals surface area contributed by atoms with Gasteiger partial charge in [0.15, 0.2) is 5.78 Å². The molecule has 1 rings (SSSR count). The van der Waals surface area contributed by atoms with E-state index in [0.29, 0.717) is 16.5 Å². The average molecular weight is 327 g/mol. The Hall–Kier alpha value is -0.490. The lowest BCUT2D eigenvalue weighted by Crippen LogP contribution is -2.03. The topological polar surface area (TPSA) is 17.1 Å². The van der Waals surface area contributed by atoms with Crippen LogP contribution >= 0.6 is 27.7 Å². The molecule has 0 bridgehead atoms. The largest absolute Gasteiger partial charge is 0.446 e. The van der Waals surface area contributed by atoms with Gasteiger partial charge in [-0.15, -0.1) is 0 Å². The van der Waals surface area contributed by atoms with Gasteiger partial charge in [-0.25, -0.2) is 0 Å². The van der Waals surface area contributed by atoms with Gasteiger partial charge in [-0.2, -0.15) is 13.2 Å². The lowest BCUT2D eigenvalue weighted by Gasteiger charge is -2.09. The summed E-state index contributed by atoms with van der Waals surface area (Å²) in [6.07, 6.45) is 0.278. The van der Waals surface area contributed by atoms with Gasteiger partial charge in [-0.1, -0.05) is 28.9 Å². The molecule has 0 amide bonds. The van der Waals surface area contributed by atoms with Crippen LogP contribution in [0, 0.1) is 0 Å². The summed E-state index contributed by atoms with van der Waals surface area (Å²) in [6, 6.07) is 4.23. The highest BCUT2D eigenvalue weighted by atomic mass is 79.9. The monoisotopic (exact) mass is 326 g/mol. The molecule has 1 aromatic carbocycles. The fourth-order valence-electron chi connectivity index (χ4n) is 1.32. The molecular weight excluding hydrogens is 317 g/mol. The smallest absolute Gasteiger partial charge is 0.294 e. The van der Waals surface area contributed by atoms with E-state index in [4.69, 9.17) is 0 Å². The predicted octanol–water partition coefficient (Wildman–Crippen LogP) is 4.79. The number of alkyl halides is 4. The van der Waals surface area contributed by atoms with Crippen molar-refractivity contribution >= 4 is 33.5 Å². The normalized spacial score (nSPS) is 11.6. The van der Waals surface area contributed by atoms with Crippen molar-refractivity contribution in [1.82, 2.24) is 0 Å². The summed E-state index contributed by atoms with van der Waals surface area (Å²) in [5, 5.41) is 0.449. The quantitative estimate of drug-likeness (QED) is 0.449. The molecule has 6 heteroatoms. The molecule has 17 heavy (non-hydrogen) atoms. The predicted molar refractivity (Wildman–Crippen MR) is 65.6 cm³/mol. The van der Waals surface area contributed by atoms with Crippen LogP contribution in [0.4, 0.5) is 13.2 Å². The van der Waals surface area contributed by atoms with E-state index >= 15 is 0 Å². The molecule has 0 N–H and O–H groups in total. The Labute approximate surface area is 110 Å². The Morgan fingerprint density at radius 2 is 2.06 bits per heavy atom. The zero-order valence-electron chi connectivity index (χ0n) is 8.97. The van der Waals surface area contributed by atoms with Gasteiger partial charge >= 0.3 is 5.51 Å². The van der Waals surface area contributed by atoms with Gasteiger partial charge in [-0.3, -0.25) is 4.79 Å². The molecule has 1 aromatic rings. The third kappa shape index (κ3) is 4.35. The van der Waals surface area contributed by atoms with Crippen molar-refractivity contribution in [3.05, 3.63) is 29.3 Å². The number of ketones is 1. The number of benzene rings is 1. The molecule has 0 aliphatic carbocycles. The van der Waals surface area contributed by atoms with Gasteiger partial charge in [-0.05, 0) is 29.5 Å². The van der Waals surface area contributed by atoms with Crippen molar-refractivity contribution in [3.63, 3.8) is 0 Å². The molecule has 0 unspecified atom stereocenters. The minimum atomic E-state index is -4.33. The first-order chi connectivity index (χ1) is 7.87. The lowest BCUT2D eigenvalue weighted by atomic mass is 10.0. The molecule has 0 aromatic heterocycles. The van der Waals surface area contributed by atoms with Crippen LogP contribution in [0.1, 0.15) is 29.3 Å². The number of carbonyl (C=O) groups excluding carboxylic acids is 1. The average Bonchev–Trinajstić information content (AvgIpc) is 2.25. The lowest BCUT2D eigenvalue weighted by molar-refractivity contribution is -0.0328. The summed E-state index contributed by atoms with van der Waals surface area (Å²) >= 11 is 3.01. The number of Topliss-reactive ketones (excluding diaryl/α,β-unsaturated/α-hetero) is 1. The maximum absolute atomic E-state index is 12.2. The standard InChI is InChI=1S/C11H10BrF3OS/c1-2-10(16)9-5-8(17-11(13,14)15)4-3-7(9)6-12/h3-5H,2,6H2,1H3. The van der Waals surface area contributed by atoms with Crippen molar-refractivity contribution in [2.45, 2.75) is 29.1 Å². The van der Waals surface area contributed by atoms with Crippen LogP contribution in [-0.4, -0.2) is 11.3 Å². The number of thioether (sulfide) groups is 1. The van der Waals surface area contributed by atoms with E-state index in [1.54, 1.807) is 13.0 Å². The van der Waals surface area contributed by atoms with E-state index in [1.165, 1.54) is 12.1 Å². The Bertz CT molecular complexity index is 418. The van der Waals surface area contributed by atoms with Gasteiger partial charge in [0.25, 0.3) is 0 Å². The summed E-state index contributed by atoms with van der Waals surface area (Å²) in [4.78, 5) is 11.6. The summed E-state index contributed by atoms with van der Waals surface area (Å²) < 4.78 is 36.6. The van der Waals surface area contributed by atoms with Crippen LogP contribution in [0.2, 0.25) is 0 Å². The zero-order chi connectivity index (χ0) is 13.1. The summed E-state index contributed by atoms with van der Waals surface area (Å²) in [7, 11) is 0. The second-order valence-electron chi connectivity index (χ2n) is 3.28. The third-order valence-corrected chi connectivity index (χ3v) is 3.41. The Morgan fingerprint density at radius 1 is 1.41 bits per heavy atom. The maximum atomic E-state index is 12.2. The van der Waals surface area contributed by atoms with E-state index in [-0.39, 0.29) is 28.9 Å². The summed E-state index contributed by atoms with van der Waals surface area (Å²) in [6.45, 7) is 1.68. The molecule has 0 radical (unpaired) electrons. The molecule has 0 aliphatic rings. The third-order valence-electron chi connectivity index (χ3n) is 2.08. The van der Waals surface area contributed by atoms with Crippen molar-refractivity contribution in [2.24, 2.45) is 0 Å². The van der Waals surface area contributed by atoms with E-state index in [0.717, 1.165) is 0 Å². The van der Waals surface area contributed by atoms with Crippen LogP contribution < -0.4 is 0 Å². The highest BCUT2D eigenvalue weighted by Crippen LogP contribution is 2.37. The minimum absolute atomic E-state index is 0.0407. The fraction of sp³-hybridized carbons (Fsp3) is 0.364. The van der Waals surface area contributed by atoms with Crippen molar-refractivity contribution in [1.29, 1.82) is 0 Å².